The molecule has 0 saturated carbocycles. The Kier molecular flexibility index (Phi) is 4.16. The lowest BCUT2D eigenvalue weighted by Gasteiger charge is -2.31. The van der Waals surface area contributed by atoms with Crippen LogP contribution in [-0.4, -0.2) is 43.2 Å². The van der Waals surface area contributed by atoms with E-state index in [-0.39, 0.29) is 5.41 Å². The molecule has 0 amide bonds. The molecule has 2 aliphatic heterocycles. The summed E-state index contributed by atoms with van der Waals surface area (Å²) in [5.74, 6) is 0.659. The Morgan fingerprint density at radius 2 is 2.12 bits per heavy atom. The average Bonchev–Trinajstić information content (AvgIpc) is 3.19. The van der Waals surface area contributed by atoms with Crippen molar-refractivity contribution in [2.24, 2.45) is 0 Å². The van der Waals surface area contributed by atoms with Crippen LogP contribution in [0.15, 0.2) is 36.5 Å². The Labute approximate surface area is 150 Å². The van der Waals surface area contributed by atoms with Gasteiger partial charge in [0.1, 0.15) is 0 Å². The van der Waals surface area contributed by atoms with E-state index in [4.69, 9.17) is 4.74 Å². The van der Waals surface area contributed by atoms with E-state index in [0.29, 0.717) is 11.9 Å². The van der Waals surface area contributed by atoms with Gasteiger partial charge in [-0.05, 0) is 67.7 Å². The summed E-state index contributed by atoms with van der Waals surface area (Å²) in [6.07, 6.45) is 5.68. The van der Waals surface area contributed by atoms with Crippen LogP contribution in [0.1, 0.15) is 31.7 Å². The van der Waals surface area contributed by atoms with Crippen molar-refractivity contribution in [3.8, 4) is 17.0 Å². The zero-order chi connectivity index (χ0) is 17.4. The molecule has 132 valence electrons. The van der Waals surface area contributed by atoms with Crippen molar-refractivity contribution in [3.63, 3.8) is 0 Å². The normalized spacial score (nSPS) is 25.6. The molecule has 1 fully saturated rings. The van der Waals surface area contributed by atoms with E-state index < -0.39 is 0 Å². The maximum absolute atomic E-state index is 5.28. The third-order valence-corrected chi connectivity index (χ3v) is 5.97. The van der Waals surface area contributed by atoms with E-state index in [1.54, 1.807) is 7.11 Å². The molecule has 25 heavy (non-hydrogen) atoms. The molecule has 0 spiro atoms. The van der Waals surface area contributed by atoms with Gasteiger partial charge >= 0.3 is 0 Å². The van der Waals surface area contributed by atoms with Gasteiger partial charge in [-0.15, -0.1) is 0 Å². The smallest absolute Gasteiger partial charge is 0.213 e. The van der Waals surface area contributed by atoms with Crippen LogP contribution in [0.5, 0.6) is 5.88 Å². The first-order valence-corrected chi connectivity index (χ1v) is 9.18. The second-order valence-corrected chi connectivity index (χ2v) is 7.74. The van der Waals surface area contributed by atoms with Gasteiger partial charge in [-0.1, -0.05) is 13.0 Å². The summed E-state index contributed by atoms with van der Waals surface area (Å²) in [5, 5.41) is 3.63. The minimum Gasteiger partial charge on any atom is -0.481 e. The molecule has 4 rings (SSSR count). The lowest BCUT2D eigenvalue weighted by Crippen LogP contribution is -2.35. The summed E-state index contributed by atoms with van der Waals surface area (Å²) in [5.41, 5.74) is 5.30. The largest absolute Gasteiger partial charge is 0.481 e. The summed E-state index contributed by atoms with van der Waals surface area (Å²) >= 11 is 0. The van der Waals surface area contributed by atoms with Crippen molar-refractivity contribution in [2.75, 3.05) is 32.6 Å². The molecule has 2 atom stereocenters. The van der Waals surface area contributed by atoms with Gasteiger partial charge in [0.05, 0.1) is 7.11 Å². The van der Waals surface area contributed by atoms with Crippen LogP contribution >= 0.6 is 0 Å². The second-order valence-electron chi connectivity index (χ2n) is 7.74. The number of hydrogen-bond donors (Lipinski definition) is 1. The number of anilines is 1. The third-order valence-electron chi connectivity index (χ3n) is 5.97. The van der Waals surface area contributed by atoms with Crippen molar-refractivity contribution in [1.29, 1.82) is 0 Å². The molecule has 0 radical (unpaired) electrons. The fraction of sp³-hybridized carbons (Fsp3) is 0.476. The van der Waals surface area contributed by atoms with E-state index >= 15 is 0 Å². The number of likely N-dealkylation sites (tertiary alicyclic amines) is 1. The van der Waals surface area contributed by atoms with Crippen LogP contribution in [0.25, 0.3) is 11.1 Å². The van der Waals surface area contributed by atoms with Crippen molar-refractivity contribution >= 4 is 5.69 Å². The second kappa shape index (κ2) is 6.34. The number of nitrogens with one attached hydrogen (secondary N) is 1. The van der Waals surface area contributed by atoms with Crippen LogP contribution in [0.4, 0.5) is 5.69 Å². The van der Waals surface area contributed by atoms with E-state index in [9.17, 15) is 0 Å². The molecular formula is C21H27N3O. The molecule has 1 aromatic heterocycles. The van der Waals surface area contributed by atoms with Crippen molar-refractivity contribution in [3.05, 3.63) is 42.1 Å². The van der Waals surface area contributed by atoms with Crippen LogP contribution in [0.2, 0.25) is 0 Å². The first-order valence-electron chi connectivity index (χ1n) is 9.18. The van der Waals surface area contributed by atoms with Crippen LogP contribution in [0, 0.1) is 0 Å². The fourth-order valence-electron chi connectivity index (χ4n) is 4.40. The lowest BCUT2D eigenvalue weighted by molar-refractivity contribution is 0.254. The standard InChI is InChI=1S/C21H27N3O/c1-21(13-17-5-4-10-24(17)2)14-23-19-7-6-15(11-18(19)21)16-8-9-22-20(12-16)25-3/h6-9,11-12,17,23H,4-5,10,13-14H2,1-3H3/t17-,21?/m1/s1. The number of ether oxygens (including phenoxy) is 1. The first-order chi connectivity index (χ1) is 12.1. The highest BCUT2D eigenvalue weighted by Gasteiger charge is 2.38. The highest BCUT2D eigenvalue weighted by atomic mass is 16.5. The van der Waals surface area contributed by atoms with Crippen molar-refractivity contribution in [2.45, 2.75) is 37.6 Å². The Morgan fingerprint density at radius 3 is 2.88 bits per heavy atom. The number of aromatic nitrogens is 1. The molecule has 0 bridgehead atoms. The first kappa shape index (κ1) is 16.4. The quantitative estimate of drug-likeness (QED) is 0.917. The number of pyridine rings is 1. The molecular weight excluding hydrogens is 310 g/mol. The number of methoxy groups -OCH3 is 1. The Balaban J connectivity index is 1.66. The van der Waals surface area contributed by atoms with Gasteiger partial charge in [0.2, 0.25) is 5.88 Å². The predicted molar refractivity (Wildman–Crippen MR) is 102 cm³/mol. The maximum atomic E-state index is 5.28. The van der Waals surface area contributed by atoms with Crippen molar-refractivity contribution < 1.29 is 4.74 Å². The van der Waals surface area contributed by atoms with Gasteiger partial charge < -0.3 is 15.0 Å². The zero-order valence-corrected chi connectivity index (χ0v) is 15.4. The SMILES string of the molecule is COc1cc(-c2ccc3c(c2)C(C)(C[C@H]2CCCN2C)CN3)ccn1. The van der Waals surface area contributed by atoms with Gasteiger partial charge in [0, 0.05) is 36.0 Å². The molecule has 1 N–H and O–H groups in total. The van der Waals surface area contributed by atoms with Gasteiger partial charge in [-0.3, -0.25) is 0 Å². The molecule has 2 aliphatic rings. The van der Waals surface area contributed by atoms with Gasteiger partial charge in [-0.25, -0.2) is 4.98 Å². The summed E-state index contributed by atoms with van der Waals surface area (Å²) in [4.78, 5) is 6.75. The molecule has 1 saturated heterocycles. The van der Waals surface area contributed by atoms with Gasteiger partial charge in [0.25, 0.3) is 0 Å². The van der Waals surface area contributed by atoms with Crippen molar-refractivity contribution in [1.82, 2.24) is 9.88 Å². The number of fused-ring (bicyclic) bond motifs is 1. The predicted octanol–water partition coefficient (Wildman–Crippen LogP) is 3.92. The van der Waals surface area contributed by atoms with E-state index in [1.807, 2.05) is 12.3 Å². The van der Waals surface area contributed by atoms with E-state index in [0.717, 1.165) is 12.1 Å². The summed E-state index contributed by atoms with van der Waals surface area (Å²) < 4.78 is 5.28. The summed E-state index contributed by atoms with van der Waals surface area (Å²) in [6.45, 7) is 4.67. The molecule has 1 aromatic carbocycles. The lowest BCUT2D eigenvalue weighted by atomic mass is 9.77. The minimum atomic E-state index is 0.186. The molecule has 0 aliphatic carbocycles. The van der Waals surface area contributed by atoms with Crippen LogP contribution in [0.3, 0.4) is 0 Å². The number of hydrogen-bond acceptors (Lipinski definition) is 4. The Bertz CT molecular complexity index is 775. The highest BCUT2D eigenvalue weighted by Crippen LogP contribution is 2.43. The topological polar surface area (TPSA) is 37.4 Å². The monoisotopic (exact) mass is 337 g/mol. The average molecular weight is 337 g/mol. The van der Waals surface area contributed by atoms with Gasteiger partial charge in [-0.2, -0.15) is 0 Å². The van der Waals surface area contributed by atoms with Crippen LogP contribution < -0.4 is 10.1 Å². The number of rotatable bonds is 4. The Hall–Kier alpha value is -2.07. The Morgan fingerprint density at radius 1 is 1.28 bits per heavy atom. The zero-order valence-electron chi connectivity index (χ0n) is 15.4. The van der Waals surface area contributed by atoms with E-state index in [1.165, 1.54) is 42.6 Å². The third kappa shape index (κ3) is 2.99. The molecule has 1 unspecified atom stereocenters. The van der Waals surface area contributed by atoms with E-state index in [2.05, 4.69) is 53.4 Å². The molecule has 3 heterocycles. The number of nitrogens with zero attached hydrogens (tertiary/aromatic N) is 2. The fourth-order valence-corrected chi connectivity index (χ4v) is 4.40. The molecule has 2 aromatic rings. The molecule has 4 heteroatoms. The summed E-state index contributed by atoms with van der Waals surface area (Å²) in [6, 6.07) is 11.5. The molecule has 4 nitrogen and oxygen atoms in total. The number of benzene rings is 1. The minimum absolute atomic E-state index is 0.186. The summed E-state index contributed by atoms with van der Waals surface area (Å²) in [7, 11) is 3.93. The van der Waals surface area contributed by atoms with Crippen LogP contribution in [-0.2, 0) is 5.41 Å². The maximum Gasteiger partial charge on any atom is 0.213 e. The highest BCUT2D eigenvalue weighted by molar-refractivity contribution is 5.72. The van der Waals surface area contributed by atoms with Gasteiger partial charge in [0.15, 0.2) is 0 Å².